The Labute approximate surface area is 116 Å². The molecule has 0 heterocycles. The first-order valence-corrected chi connectivity index (χ1v) is 5.29. The maximum atomic E-state index is 12.8. The van der Waals surface area contributed by atoms with Crippen LogP contribution in [0.15, 0.2) is 29.5 Å². The smallest absolute Gasteiger partial charge is 0.345 e. The van der Waals surface area contributed by atoms with Gasteiger partial charge in [0.1, 0.15) is 23.9 Å². The number of allylic oxidation sites excluding steroid dienone is 2. The molecule has 0 aliphatic heterocycles. The molecule has 0 amide bonds. The van der Waals surface area contributed by atoms with Gasteiger partial charge in [-0.05, 0) is 18.2 Å². The summed E-state index contributed by atoms with van der Waals surface area (Å²) in [6, 6.07) is 7.18. The SMILES string of the molecule is N#CC(C#N)=C(C#N)Nc1ccc(Cl)cc1C(F)(F)F. The molecule has 0 aliphatic rings. The van der Waals surface area contributed by atoms with Gasteiger partial charge in [-0.15, -0.1) is 0 Å². The molecule has 8 heteroatoms. The number of nitriles is 3. The lowest BCUT2D eigenvalue weighted by Gasteiger charge is -2.14. The third-order valence-electron chi connectivity index (χ3n) is 2.13. The van der Waals surface area contributed by atoms with Crippen molar-refractivity contribution >= 4 is 17.3 Å². The molecule has 1 rings (SSSR count). The van der Waals surface area contributed by atoms with Crippen molar-refractivity contribution in [3.05, 3.63) is 40.1 Å². The highest BCUT2D eigenvalue weighted by Gasteiger charge is 2.34. The number of anilines is 1. The molecule has 1 aromatic rings. The Balaban J connectivity index is 3.38. The minimum absolute atomic E-state index is 0.133. The Morgan fingerprint density at radius 2 is 1.70 bits per heavy atom. The fourth-order valence-electron chi connectivity index (χ4n) is 1.28. The van der Waals surface area contributed by atoms with E-state index < -0.39 is 28.7 Å². The van der Waals surface area contributed by atoms with Crippen LogP contribution in [0.5, 0.6) is 0 Å². The standard InChI is InChI=1S/C12H4ClF3N4/c13-8-1-2-10(9(3-8)12(14,15)16)20-11(6-19)7(4-17)5-18/h1-3,20H. The van der Waals surface area contributed by atoms with Gasteiger partial charge in [0.2, 0.25) is 0 Å². The monoisotopic (exact) mass is 296 g/mol. The lowest BCUT2D eigenvalue weighted by molar-refractivity contribution is -0.136. The minimum atomic E-state index is -4.70. The second kappa shape index (κ2) is 5.97. The number of halogens is 4. The molecule has 0 spiro atoms. The summed E-state index contributed by atoms with van der Waals surface area (Å²) in [5.41, 5.74) is -2.76. The molecule has 0 radical (unpaired) electrons. The Morgan fingerprint density at radius 1 is 1.10 bits per heavy atom. The molecule has 0 aliphatic carbocycles. The van der Waals surface area contributed by atoms with Gasteiger partial charge >= 0.3 is 6.18 Å². The fraction of sp³-hybridized carbons (Fsp3) is 0.0833. The average Bonchev–Trinajstić information content (AvgIpc) is 2.39. The molecule has 1 N–H and O–H groups in total. The third kappa shape index (κ3) is 3.41. The number of nitrogens with zero attached hydrogens (tertiary/aromatic N) is 3. The van der Waals surface area contributed by atoms with Gasteiger partial charge in [0.25, 0.3) is 0 Å². The Kier molecular flexibility index (Phi) is 4.59. The normalized spacial score (nSPS) is 9.85. The first-order chi connectivity index (χ1) is 9.33. The average molecular weight is 297 g/mol. The topological polar surface area (TPSA) is 83.4 Å². The highest BCUT2D eigenvalue weighted by Crippen LogP contribution is 2.37. The van der Waals surface area contributed by atoms with Gasteiger partial charge in [0.15, 0.2) is 5.57 Å². The largest absolute Gasteiger partial charge is 0.418 e. The summed E-state index contributed by atoms with van der Waals surface area (Å²) in [6.07, 6.45) is -4.70. The molecule has 0 atom stereocenters. The molecule has 0 saturated carbocycles. The fourth-order valence-corrected chi connectivity index (χ4v) is 1.45. The van der Waals surface area contributed by atoms with Crippen LogP contribution < -0.4 is 5.32 Å². The van der Waals surface area contributed by atoms with E-state index in [1.165, 1.54) is 24.3 Å². The summed E-state index contributed by atoms with van der Waals surface area (Å²) in [6.45, 7) is 0. The van der Waals surface area contributed by atoms with Gasteiger partial charge in [-0.3, -0.25) is 0 Å². The Hall–Kier alpha value is -2.69. The van der Waals surface area contributed by atoms with Crippen molar-refractivity contribution in [3.8, 4) is 18.2 Å². The van der Waals surface area contributed by atoms with E-state index in [1.807, 2.05) is 0 Å². The van der Waals surface area contributed by atoms with Crippen LogP contribution in [-0.2, 0) is 6.18 Å². The number of hydrogen-bond acceptors (Lipinski definition) is 4. The van der Waals surface area contributed by atoms with Crippen molar-refractivity contribution in [2.45, 2.75) is 6.18 Å². The molecule has 20 heavy (non-hydrogen) atoms. The third-order valence-corrected chi connectivity index (χ3v) is 2.37. The van der Waals surface area contributed by atoms with E-state index in [-0.39, 0.29) is 5.02 Å². The van der Waals surface area contributed by atoms with E-state index >= 15 is 0 Å². The van der Waals surface area contributed by atoms with E-state index in [4.69, 9.17) is 27.4 Å². The summed E-state index contributed by atoms with van der Waals surface area (Å²) >= 11 is 5.50. The predicted molar refractivity (Wildman–Crippen MR) is 63.9 cm³/mol. The zero-order chi connectivity index (χ0) is 15.3. The highest BCUT2D eigenvalue weighted by molar-refractivity contribution is 6.30. The van der Waals surface area contributed by atoms with Gasteiger partial charge in [0, 0.05) is 5.02 Å². The summed E-state index contributed by atoms with van der Waals surface area (Å²) in [7, 11) is 0. The van der Waals surface area contributed by atoms with Crippen molar-refractivity contribution in [2.75, 3.05) is 5.32 Å². The van der Waals surface area contributed by atoms with Gasteiger partial charge in [0.05, 0.1) is 11.3 Å². The molecule has 0 unspecified atom stereocenters. The van der Waals surface area contributed by atoms with Crippen LogP contribution in [0.4, 0.5) is 18.9 Å². The molecule has 0 bridgehead atoms. The van der Waals surface area contributed by atoms with Crippen LogP contribution in [0.1, 0.15) is 5.56 Å². The summed E-state index contributed by atoms with van der Waals surface area (Å²) in [5.74, 6) is 0. The maximum Gasteiger partial charge on any atom is 0.418 e. The van der Waals surface area contributed by atoms with E-state index in [0.29, 0.717) is 6.07 Å². The van der Waals surface area contributed by atoms with Gasteiger partial charge in [-0.1, -0.05) is 11.6 Å². The first-order valence-electron chi connectivity index (χ1n) is 4.91. The number of nitrogens with one attached hydrogen (secondary N) is 1. The maximum absolute atomic E-state index is 12.8. The van der Waals surface area contributed by atoms with Crippen LogP contribution in [0.2, 0.25) is 5.02 Å². The second-order valence-electron chi connectivity index (χ2n) is 3.40. The minimum Gasteiger partial charge on any atom is -0.345 e. The van der Waals surface area contributed by atoms with Crippen LogP contribution in [0.3, 0.4) is 0 Å². The lowest BCUT2D eigenvalue weighted by atomic mass is 10.1. The van der Waals surface area contributed by atoms with Gasteiger partial charge < -0.3 is 5.32 Å². The van der Waals surface area contributed by atoms with Crippen molar-refractivity contribution in [1.29, 1.82) is 15.8 Å². The van der Waals surface area contributed by atoms with E-state index in [9.17, 15) is 13.2 Å². The van der Waals surface area contributed by atoms with Gasteiger partial charge in [-0.2, -0.15) is 29.0 Å². The van der Waals surface area contributed by atoms with Crippen molar-refractivity contribution < 1.29 is 13.2 Å². The molecular weight excluding hydrogens is 293 g/mol. The molecule has 1 aromatic carbocycles. The van der Waals surface area contributed by atoms with E-state index in [0.717, 1.165) is 6.07 Å². The van der Waals surface area contributed by atoms with Crippen LogP contribution in [-0.4, -0.2) is 0 Å². The Morgan fingerprint density at radius 3 is 2.15 bits per heavy atom. The number of hydrogen-bond donors (Lipinski definition) is 1. The number of alkyl halides is 3. The van der Waals surface area contributed by atoms with Crippen molar-refractivity contribution in [1.82, 2.24) is 0 Å². The molecular formula is C12H4ClF3N4. The lowest BCUT2D eigenvalue weighted by Crippen LogP contribution is -2.11. The van der Waals surface area contributed by atoms with E-state index in [2.05, 4.69) is 5.32 Å². The molecule has 0 saturated heterocycles. The summed E-state index contributed by atoms with van der Waals surface area (Å²) in [5, 5.41) is 28.0. The molecule has 100 valence electrons. The molecule has 0 fully saturated rings. The summed E-state index contributed by atoms with van der Waals surface area (Å²) < 4.78 is 38.5. The quantitative estimate of drug-likeness (QED) is 0.845. The summed E-state index contributed by atoms with van der Waals surface area (Å²) in [4.78, 5) is 0. The van der Waals surface area contributed by atoms with Crippen LogP contribution >= 0.6 is 11.6 Å². The zero-order valence-corrected chi connectivity index (χ0v) is 10.3. The highest BCUT2D eigenvalue weighted by atomic mass is 35.5. The molecule has 4 nitrogen and oxygen atoms in total. The number of rotatable bonds is 2. The first kappa shape index (κ1) is 15.4. The van der Waals surface area contributed by atoms with E-state index in [1.54, 1.807) is 0 Å². The van der Waals surface area contributed by atoms with Gasteiger partial charge in [-0.25, -0.2) is 0 Å². The zero-order valence-electron chi connectivity index (χ0n) is 9.59. The number of benzene rings is 1. The predicted octanol–water partition coefficient (Wildman–Crippen LogP) is 3.60. The van der Waals surface area contributed by atoms with Crippen molar-refractivity contribution in [3.63, 3.8) is 0 Å². The van der Waals surface area contributed by atoms with Crippen molar-refractivity contribution in [2.24, 2.45) is 0 Å². The molecule has 0 aromatic heterocycles. The van der Waals surface area contributed by atoms with Crippen LogP contribution in [0.25, 0.3) is 0 Å². The Bertz CT molecular complexity index is 671. The van der Waals surface area contributed by atoms with Crippen LogP contribution in [0, 0.1) is 34.0 Å². The second-order valence-corrected chi connectivity index (χ2v) is 3.83.